The number of aromatic hydroxyl groups is 1. The van der Waals surface area contributed by atoms with E-state index in [4.69, 9.17) is 0 Å². The fourth-order valence-electron chi connectivity index (χ4n) is 1.60. The van der Waals surface area contributed by atoms with Crippen LogP contribution in [0.2, 0.25) is 0 Å². The molecule has 0 atom stereocenters. The molecule has 0 unspecified atom stereocenters. The van der Waals surface area contributed by atoms with Gasteiger partial charge in [0.2, 0.25) is 0 Å². The number of hydrogen-bond donors (Lipinski definition) is 3. The van der Waals surface area contributed by atoms with Crippen LogP contribution < -0.4 is 5.32 Å². The summed E-state index contributed by atoms with van der Waals surface area (Å²) in [5.74, 6) is 1.16. The highest BCUT2D eigenvalue weighted by molar-refractivity contribution is 7.80. The number of thiol groups is 1. The first kappa shape index (κ1) is 13.0. The van der Waals surface area contributed by atoms with Gasteiger partial charge < -0.3 is 10.4 Å². The molecular formula is C13H19NOS. The standard InChI is InChI=1S/C13H19NOS/c1-9-7-10(2)13(15)12(8-9)11(3)14-5-4-6-16/h7-8,14-16H,3-6H2,1-2H3. The van der Waals surface area contributed by atoms with Gasteiger partial charge in [0.15, 0.2) is 0 Å². The molecule has 0 heterocycles. The van der Waals surface area contributed by atoms with E-state index in [0.29, 0.717) is 5.75 Å². The highest BCUT2D eigenvalue weighted by Crippen LogP contribution is 2.27. The summed E-state index contributed by atoms with van der Waals surface area (Å²) in [6.07, 6.45) is 0.980. The smallest absolute Gasteiger partial charge is 0.127 e. The zero-order chi connectivity index (χ0) is 12.1. The Morgan fingerprint density at radius 2 is 2.12 bits per heavy atom. The summed E-state index contributed by atoms with van der Waals surface area (Å²) in [4.78, 5) is 0. The molecule has 0 fully saturated rings. The lowest BCUT2D eigenvalue weighted by Gasteiger charge is -2.13. The van der Waals surface area contributed by atoms with Crippen LogP contribution >= 0.6 is 12.6 Å². The fraction of sp³-hybridized carbons (Fsp3) is 0.385. The van der Waals surface area contributed by atoms with Gasteiger partial charge in [-0.3, -0.25) is 0 Å². The number of hydrogen-bond acceptors (Lipinski definition) is 3. The highest BCUT2D eigenvalue weighted by Gasteiger charge is 2.08. The molecule has 0 aromatic heterocycles. The van der Waals surface area contributed by atoms with E-state index in [2.05, 4.69) is 24.5 Å². The minimum Gasteiger partial charge on any atom is -0.507 e. The van der Waals surface area contributed by atoms with Gasteiger partial charge in [0.05, 0.1) is 0 Å². The molecule has 1 rings (SSSR count). The topological polar surface area (TPSA) is 32.3 Å². The van der Waals surface area contributed by atoms with Gasteiger partial charge in [-0.05, 0) is 43.2 Å². The zero-order valence-corrected chi connectivity index (χ0v) is 10.8. The molecule has 0 aliphatic carbocycles. The maximum atomic E-state index is 9.93. The first-order valence-electron chi connectivity index (χ1n) is 5.40. The van der Waals surface area contributed by atoms with Gasteiger partial charge in [-0.2, -0.15) is 12.6 Å². The minimum atomic E-state index is 0.314. The lowest BCUT2D eigenvalue weighted by molar-refractivity contribution is 0.468. The second kappa shape index (κ2) is 5.85. The van der Waals surface area contributed by atoms with Gasteiger partial charge in [0.25, 0.3) is 0 Å². The van der Waals surface area contributed by atoms with E-state index in [9.17, 15) is 5.11 Å². The van der Waals surface area contributed by atoms with Crippen molar-refractivity contribution >= 4 is 18.3 Å². The van der Waals surface area contributed by atoms with Crippen molar-refractivity contribution < 1.29 is 5.11 Å². The fourth-order valence-corrected chi connectivity index (χ4v) is 1.76. The summed E-state index contributed by atoms with van der Waals surface area (Å²) in [6.45, 7) is 8.68. The summed E-state index contributed by atoms with van der Waals surface area (Å²) < 4.78 is 0. The Hall–Kier alpha value is -1.09. The van der Waals surface area contributed by atoms with Crippen molar-refractivity contribution in [2.24, 2.45) is 0 Å². The van der Waals surface area contributed by atoms with Gasteiger partial charge >= 0.3 is 0 Å². The molecule has 0 aliphatic heterocycles. The van der Waals surface area contributed by atoms with Gasteiger partial charge in [-0.25, -0.2) is 0 Å². The first-order valence-corrected chi connectivity index (χ1v) is 6.03. The second-order valence-corrected chi connectivity index (χ2v) is 4.41. The van der Waals surface area contributed by atoms with Gasteiger partial charge in [0.1, 0.15) is 5.75 Å². The number of phenolic OH excluding ortho intramolecular Hbond substituents is 1. The normalized spacial score (nSPS) is 10.2. The molecule has 0 saturated carbocycles. The zero-order valence-electron chi connectivity index (χ0n) is 9.88. The Bertz CT molecular complexity index is 388. The Kier molecular flexibility index (Phi) is 4.74. The van der Waals surface area contributed by atoms with E-state index in [0.717, 1.165) is 41.1 Å². The van der Waals surface area contributed by atoms with Crippen molar-refractivity contribution in [3.63, 3.8) is 0 Å². The lowest BCUT2D eigenvalue weighted by Crippen LogP contribution is -2.13. The largest absolute Gasteiger partial charge is 0.507 e. The number of rotatable bonds is 5. The van der Waals surface area contributed by atoms with E-state index in [-0.39, 0.29) is 0 Å². The molecule has 2 nitrogen and oxygen atoms in total. The SMILES string of the molecule is C=C(NCCCS)c1cc(C)cc(C)c1O. The third kappa shape index (κ3) is 3.20. The summed E-state index contributed by atoms with van der Waals surface area (Å²) >= 11 is 4.14. The molecule has 16 heavy (non-hydrogen) atoms. The van der Waals surface area contributed by atoms with Crippen molar-refractivity contribution in [3.05, 3.63) is 35.4 Å². The van der Waals surface area contributed by atoms with Gasteiger partial charge in [-0.1, -0.05) is 12.6 Å². The molecule has 0 aliphatic rings. The van der Waals surface area contributed by atoms with E-state index in [1.807, 2.05) is 26.0 Å². The van der Waals surface area contributed by atoms with Crippen LogP contribution in [0.1, 0.15) is 23.1 Å². The molecule has 0 radical (unpaired) electrons. The Balaban J connectivity index is 2.82. The second-order valence-electron chi connectivity index (χ2n) is 3.96. The van der Waals surface area contributed by atoms with E-state index >= 15 is 0 Å². The number of nitrogens with one attached hydrogen (secondary N) is 1. The summed E-state index contributed by atoms with van der Waals surface area (Å²) in [6, 6.07) is 3.90. The van der Waals surface area contributed by atoms with E-state index < -0.39 is 0 Å². The molecule has 1 aromatic rings. The molecule has 0 saturated heterocycles. The Morgan fingerprint density at radius 3 is 2.75 bits per heavy atom. The van der Waals surface area contributed by atoms with Crippen LogP contribution in [-0.4, -0.2) is 17.4 Å². The van der Waals surface area contributed by atoms with E-state index in [1.54, 1.807) is 0 Å². The van der Waals surface area contributed by atoms with Crippen LogP contribution in [0, 0.1) is 13.8 Å². The molecule has 0 spiro atoms. The van der Waals surface area contributed by atoms with Gasteiger partial charge in [-0.15, -0.1) is 0 Å². The highest BCUT2D eigenvalue weighted by atomic mass is 32.1. The number of aryl methyl sites for hydroxylation is 2. The molecule has 0 amide bonds. The third-order valence-corrected chi connectivity index (χ3v) is 2.76. The molecule has 2 N–H and O–H groups in total. The average Bonchev–Trinajstić information content (AvgIpc) is 2.23. The van der Waals surface area contributed by atoms with Crippen LogP contribution in [0.5, 0.6) is 5.75 Å². The van der Waals surface area contributed by atoms with Crippen molar-refractivity contribution in [2.75, 3.05) is 12.3 Å². The number of phenols is 1. The molecular weight excluding hydrogens is 218 g/mol. The number of benzene rings is 1. The van der Waals surface area contributed by atoms with Crippen molar-refractivity contribution in [1.82, 2.24) is 5.32 Å². The van der Waals surface area contributed by atoms with Crippen LogP contribution in [0.3, 0.4) is 0 Å². The lowest BCUT2D eigenvalue weighted by atomic mass is 10.0. The summed E-state index contributed by atoms with van der Waals surface area (Å²) in [5.41, 5.74) is 3.57. The van der Waals surface area contributed by atoms with Crippen molar-refractivity contribution in [3.8, 4) is 5.75 Å². The van der Waals surface area contributed by atoms with Crippen molar-refractivity contribution in [1.29, 1.82) is 0 Å². The molecule has 3 heteroatoms. The monoisotopic (exact) mass is 237 g/mol. The van der Waals surface area contributed by atoms with Crippen LogP contribution in [-0.2, 0) is 0 Å². The maximum Gasteiger partial charge on any atom is 0.127 e. The van der Waals surface area contributed by atoms with E-state index in [1.165, 1.54) is 0 Å². The minimum absolute atomic E-state index is 0.314. The van der Waals surface area contributed by atoms with Gasteiger partial charge in [0, 0.05) is 17.8 Å². The third-order valence-electron chi connectivity index (χ3n) is 2.44. The van der Waals surface area contributed by atoms with Crippen molar-refractivity contribution in [2.45, 2.75) is 20.3 Å². The van der Waals surface area contributed by atoms with Crippen LogP contribution in [0.4, 0.5) is 0 Å². The summed E-state index contributed by atoms with van der Waals surface area (Å²) in [7, 11) is 0. The summed E-state index contributed by atoms with van der Waals surface area (Å²) in [5, 5.41) is 13.1. The van der Waals surface area contributed by atoms with Crippen LogP contribution in [0.15, 0.2) is 18.7 Å². The van der Waals surface area contributed by atoms with Crippen LogP contribution in [0.25, 0.3) is 5.70 Å². The Morgan fingerprint density at radius 1 is 1.44 bits per heavy atom. The predicted octanol–water partition coefficient (Wildman–Crippen LogP) is 2.89. The molecule has 88 valence electrons. The predicted molar refractivity (Wildman–Crippen MR) is 73.1 cm³/mol. The first-order chi connectivity index (χ1) is 7.56. The average molecular weight is 237 g/mol. The Labute approximate surface area is 103 Å². The molecule has 1 aromatic carbocycles. The molecule has 0 bridgehead atoms. The maximum absolute atomic E-state index is 9.93. The quantitative estimate of drug-likeness (QED) is 0.543.